The summed E-state index contributed by atoms with van der Waals surface area (Å²) in [6.45, 7) is 0.657. The molecule has 0 unspecified atom stereocenters. The van der Waals surface area contributed by atoms with Crippen molar-refractivity contribution in [2.45, 2.75) is 19.6 Å². The van der Waals surface area contributed by atoms with E-state index in [9.17, 15) is 9.90 Å². The van der Waals surface area contributed by atoms with Crippen LogP contribution in [0.15, 0.2) is 84.9 Å². The maximum absolute atomic E-state index is 12.2. The molecule has 4 nitrogen and oxygen atoms in total. The number of rotatable bonds is 9. The number of hydrogen-bond acceptors (Lipinski definition) is 4. The van der Waals surface area contributed by atoms with E-state index in [0.717, 1.165) is 22.3 Å². The Morgan fingerprint density at radius 3 is 2.14 bits per heavy atom. The Morgan fingerprint density at radius 1 is 0.828 bits per heavy atom. The van der Waals surface area contributed by atoms with Gasteiger partial charge in [-0.05, 0) is 35.3 Å². The molecule has 0 spiro atoms. The topological polar surface area (TPSA) is 55.8 Å². The molecule has 0 radical (unpaired) electrons. The minimum absolute atomic E-state index is 0.0153. The normalized spacial score (nSPS) is 10.8. The second-order valence-corrected chi connectivity index (χ2v) is 6.50. The van der Waals surface area contributed by atoms with Crippen molar-refractivity contribution in [3.05, 3.63) is 107 Å². The van der Waals surface area contributed by atoms with E-state index in [1.165, 1.54) is 6.08 Å². The van der Waals surface area contributed by atoms with Gasteiger partial charge < -0.3 is 14.6 Å². The Hall–Kier alpha value is -3.37. The van der Waals surface area contributed by atoms with Crippen LogP contribution in [0.25, 0.3) is 6.08 Å². The molecule has 0 aliphatic heterocycles. The van der Waals surface area contributed by atoms with E-state index < -0.39 is 5.97 Å². The maximum atomic E-state index is 12.2. The highest BCUT2D eigenvalue weighted by molar-refractivity contribution is 5.88. The molecule has 0 bridgehead atoms. The third kappa shape index (κ3) is 6.33. The van der Waals surface area contributed by atoms with Gasteiger partial charge in [0.1, 0.15) is 19.0 Å². The summed E-state index contributed by atoms with van der Waals surface area (Å²) in [4.78, 5) is 12.2. The Kier molecular flexibility index (Phi) is 7.61. The summed E-state index contributed by atoms with van der Waals surface area (Å²) in [5.41, 5.74) is 3.67. The summed E-state index contributed by atoms with van der Waals surface area (Å²) in [5.74, 6) is 0.230. The molecule has 0 aliphatic rings. The first-order valence-electron chi connectivity index (χ1n) is 9.54. The van der Waals surface area contributed by atoms with E-state index in [1.54, 1.807) is 6.08 Å². The number of esters is 1. The van der Waals surface area contributed by atoms with Gasteiger partial charge in [-0.25, -0.2) is 4.79 Å². The fourth-order valence-electron chi connectivity index (χ4n) is 2.91. The number of benzene rings is 3. The van der Waals surface area contributed by atoms with Crippen LogP contribution in [-0.4, -0.2) is 17.7 Å². The van der Waals surface area contributed by atoms with Gasteiger partial charge in [-0.2, -0.15) is 0 Å². The number of carbonyl (C=O) groups excluding carboxylic acids is 1. The van der Waals surface area contributed by atoms with Crippen LogP contribution in [0.3, 0.4) is 0 Å². The molecule has 148 valence electrons. The Bertz CT molecular complexity index is 934. The van der Waals surface area contributed by atoms with Crippen LogP contribution in [-0.2, 0) is 29.2 Å². The van der Waals surface area contributed by atoms with E-state index in [4.69, 9.17) is 9.47 Å². The number of ether oxygens (including phenoxy) is 2. The molecule has 3 rings (SSSR count). The summed E-state index contributed by atoms with van der Waals surface area (Å²) in [5, 5.41) is 9.37. The Labute approximate surface area is 171 Å². The molecular weight excluding hydrogens is 364 g/mol. The Balaban J connectivity index is 1.71. The lowest BCUT2D eigenvalue weighted by Gasteiger charge is -2.13. The van der Waals surface area contributed by atoms with Crippen LogP contribution in [0.5, 0.6) is 5.75 Å². The molecule has 4 heteroatoms. The minimum atomic E-state index is -0.429. The first-order chi connectivity index (χ1) is 14.3. The maximum Gasteiger partial charge on any atom is 0.331 e. The highest BCUT2D eigenvalue weighted by Gasteiger charge is 2.09. The molecule has 0 amide bonds. The van der Waals surface area contributed by atoms with Crippen molar-refractivity contribution in [1.82, 2.24) is 0 Å². The molecule has 1 N–H and O–H groups in total. The summed E-state index contributed by atoms with van der Waals surface area (Å²) >= 11 is 0. The zero-order valence-electron chi connectivity index (χ0n) is 16.2. The lowest BCUT2D eigenvalue weighted by molar-refractivity contribution is -0.138. The van der Waals surface area contributed by atoms with Crippen molar-refractivity contribution in [3.63, 3.8) is 0 Å². The molecule has 0 fully saturated rings. The second-order valence-electron chi connectivity index (χ2n) is 6.50. The van der Waals surface area contributed by atoms with E-state index in [2.05, 4.69) is 0 Å². The molecule has 3 aromatic carbocycles. The average molecular weight is 388 g/mol. The van der Waals surface area contributed by atoms with Crippen molar-refractivity contribution in [3.8, 4) is 5.75 Å². The van der Waals surface area contributed by atoms with Gasteiger partial charge in [-0.1, -0.05) is 72.8 Å². The van der Waals surface area contributed by atoms with Gasteiger partial charge in [0.05, 0.1) is 0 Å². The van der Waals surface area contributed by atoms with Crippen molar-refractivity contribution in [2.75, 3.05) is 6.61 Å². The van der Waals surface area contributed by atoms with Crippen molar-refractivity contribution in [2.24, 2.45) is 0 Å². The van der Waals surface area contributed by atoms with E-state index in [-0.39, 0.29) is 13.2 Å². The van der Waals surface area contributed by atoms with Crippen LogP contribution in [0.4, 0.5) is 0 Å². The van der Waals surface area contributed by atoms with Crippen molar-refractivity contribution < 1.29 is 19.4 Å². The fourth-order valence-corrected chi connectivity index (χ4v) is 2.91. The van der Waals surface area contributed by atoms with Gasteiger partial charge in [0, 0.05) is 18.2 Å². The van der Waals surface area contributed by atoms with Gasteiger partial charge in [-0.3, -0.25) is 0 Å². The molecule has 0 heterocycles. The summed E-state index contributed by atoms with van der Waals surface area (Å²) in [6, 6.07) is 25.1. The lowest BCUT2D eigenvalue weighted by Crippen LogP contribution is -2.03. The summed E-state index contributed by atoms with van der Waals surface area (Å²) in [6.07, 6.45) is 3.56. The molecule has 0 atom stereocenters. The molecule has 0 aromatic heterocycles. The van der Waals surface area contributed by atoms with Gasteiger partial charge in [0.15, 0.2) is 0 Å². The second kappa shape index (κ2) is 10.8. The molecule has 29 heavy (non-hydrogen) atoms. The van der Waals surface area contributed by atoms with Crippen LogP contribution >= 0.6 is 0 Å². The van der Waals surface area contributed by atoms with E-state index >= 15 is 0 Å². The monoisotopic (exact) mass is 388 g/mol. The fraction of sp³-hybridized carbons (Fsp3) is 0.160. The highest BCUT2D eigenvalue weighted by atomic mass is 16.5. The van der Waals surface area contributed by atoms with Crippen LogP contribution in [0.2, 0.25) is 0 Å². The molecular formula is C25H24O4. The largest absolute Gasteiger partial charge is 0.488 e. The first-order valence-corrected chi connectivity index (χ1v) is 9.54. The molecule has 0 aliphatic carbocycles. The standard InChI is InChI=1S/C25H24O4/c26-17-16-22-12-7-13-24(28-18-20-8-3-1-4-9-20)23(22)14-15-25(27)29-19-21-10-5-2-6-11-21/h1-15,26H,16-19H2/b15-14+. The van der Waals surface area contributed by atoms with Crippen LogP contribution in [0, 0.1) is 0 Å². The SMILES string of the molecule is O=C(/C=C/c1c(CCO)cccc1OCc1ccccc1)OCc1ccccc1. The smallest absolute Gasteiger partial charge is 0.331 e. The van der Waals surface area contributed by atoms with Gasteiger partial charge in [0.2, 0.25) is 0 Å². The van der Waals surface area contributed by atoms with Crippen LogP contribution < -0.4 is 4.74 Å². The predicted molar refractivity (Wildman–Crippen MR) is 113 cm³/mol. The van der Waals surface area contributed by atoms with Crippen molar-refractivity contribution >= 4 is 12.0 Å². The van der Waals surface area contributed by atoms with E-state index in [1.807, 2.05) is 78.9 Å². The van der Waals surface area contributed by atoms with E-state index in [0.29, 0.717) is 18.8 Å². The third-order valence-corrected chi connectivity index (χ3v) is 4.38. The lowest BCUT2D eigenvalue weighted by atomic mass is 10.0. The minimum Gasteiger partial charge on any atom is -0.488 e. The molecule has 3 aromatic rings. The van der Waals surface area contributed by atoms with Gasteiger partial charge >= 0.3 is 5.97 Å². The molecule has 0 saturated carbocycles. The predicted octanol–water partition coefficient (Wildman–Crippen LogP) is 4.56. The highest BCUT2D eigenvalue weighted by Crippen LogP contribution is 2.26. The zero-order valence-corrected chi connectivity index (χ0v) is 16.2. The summed E-state index contributed by atoms with van der Waals surface area (Å²) in [7, 11) is 0. The number of carbonyl (C=O) groups is 1. The Morgan fingerprint density at radius 2 is 1.48 bits per heavy atom. The number of aliphatic hydroxyl groups is 1. The van der Waals surface area contributed by atoms with Gasteiger partial charge in [0.25, 0.3) is 0 Å². The first kappa shape index (κ1) is 20.4. The van der Waals surface area contributed by atoms with Gasteiger partial charge in [-0.15, -0.1) is 0 Å². The van der Waals surface area contributed by atoms with Crippen molar-refractivity contribution in [1.29, 1.82) is 0 Å². The summed E-state index contributed by atoms with van der Waals surface area (Å²) < 4.78 is 11.3. The molecule has 0 saturated heterocycles. The van der Waals surface area contributed by atoms with Crippen LogP contribution in [0.1, 0.15) is 22.3 Å². The average Bonchev–Trinajstić information content (AvgIpc) is 2.77. The number of aliphatic hydroxyl groups excluding tert-OH is 1. The quantitative estimate of drug-likeness (QED) is 0.431. The third-order valence-electron chi connectivity index (χ3n) is 4.38. The zero-order chi connectivity index (χ0) is 20.3. The number of hydrogen-bond donors (Lipinski definition) is 1.